The average Bonchev–Trinajstić information content (AvgIpc) is 2.77. The van der Waals surface area contributed by atoms with Crippen LogP contribution in [0.1, 0.15) is 0 Å². The molecule has 0 unspecified atom stereocenters. The third-order valence-corrected chi connectivity index (χ3v) is 2.82. The molecule has 90 valence electrons. The van der Waals surface area contributed by atoms with Crippen molar-refractivity contribution in [2.45, 2.75) is 0 Å². The molecule has 0 spiro atoms. The number of para-hydroxylation sites is 1. The number of nitrogens with one attached hydrogen (secondary N) is 1. The molecule has 0 bridgehead atoms. The zero-order chi connectivity index (χ0) is 12.7. The van der Waals surface area contributed by atoms with E-state index >= 15 is 0 Å². The fraction of sp³-hybridized carbons (Fsp3) is 0. The van der Waals surface area contributed by atoms with Gasteiger partial charge in [0.25, 0.3) is 0 Å². The summed E-state index contributed by atoms with van der Waals surface area (Å²) in [7, 11) is 0. The molecular weight excluding hydrogens is 260 g/mol. The van der Waals surface area contributed by atoms with Crippen molar-refractivity contribution in [3.63, 3.8) is 0 Å². The van der Waals surface area contributed by atoms with E-state index in [-0.39, 0.29) is 11.0 Å². The van der Waals surface area contributed by atoms with E-state index in [1.54, 1.807) is 12.1 Å². The second-order valence-electron chi connectivity index (χ2n) is 3.70. The van der Waals surface area contributed by atoms with Crippen molar-refractivity contribution in [2.75, 3.05) is 0 Å². The first-order valence-corrected chi connectivity index (χ1v) is 5.48. The molecule has 0 aliphatic heterocycles. The van der Waals surface area contributed by atoms with Gasteiger partial charge < -0.3 is 4.98 Å². The van der Waals surface area contributed by atoms with Gasteiger partial charge in [-0.25, -0.2) is 18.7 Å². The zero-order valence-corrected chi connectivity index (χ0v) is 9.67. The summed E-state index contributed by atoms with van der Waals surface area (Å²) in [5.74, 6) is -1.01. The molecule has 6 heteroatoms. The lowest BCUT2D eigenvalue weighted by Gasteiger charge is -2.01. The lowest BCUT2D eigenvalue weighted by atomic mass is 10.1. The van der Waals surface area contributed by atoms with Gasteiger partial charge in [0.05, 0.1) is 11.7 Å². The molecule has 1 N–H and O–H groups in total. The van der Waals surface area contributed by atoms with E-state index in [1.165, 1.54) is 12.3 Å². The maximum atomic E-state index is 13.7. The van der Waals surface area contributed by atoms with Gasteiger partial charge >= 0.3 is 0 Å². The molecule has 0 radical (unpaired) electrons. The normalized spacial score (nSPS) is 11.1. The first-order valence-electron chi connectivity index (χ1n) is 5.11. The number of hydrogen-bond acceptors (Lipinski definition) is 2. The van der Waals surface area contributed by atoms with Gasteiger partial charge in [-0.15, -0.1) is 0 Å². The number of nitrogens with zero attached hydrogens (tertiary/aromatic N) is 2. The topological polar surface area (TPSA) is 41.6 Å². The Kier molecular flexibility index (Phi) is 2.48. The molecule has 0 fully saturated rings. The molecule has 3 aromatic rings. The van der Waals surface area contributed by atoms with Crippen LogP contribution in [-0.2, 0) is 0 Å². The maximum Gasteiger partial charge on any atom is 0.223 e. The molecule has 2 aromatic heterocycles. The summed E-state index contributed by atoms with van der Waals surface area (Å²) < 4.78 is 27.2. The van der Waals surface area contributed by atoms with Gasteiger partial charge in [0.1, 0.15) is 11.5 Å². The van der Waals surface area contributed by atoms with Crippen LogP contribution < -0.4 is 0 Å². The highest BCUT2D eigenvalue weighted by atomic mass is 35.5. The molecule has 2 heterocycles. The zero-order valence-electron chi connectivity index (χ0n) is 8.92. The van der Waals surface area contributed by atoms with E-state index in [0.29, 0.717) is 16.5 Å². The highest BCUT2D eigenvalue weighted by Gasteiger charge is 2.14. The lowest BCUT2D eigenvalue weighted by Crippen LogP contribution is -1.91. The third-order valence-electron chi connectivity index (χ3n) is 2.63. The highest BCUT2D eigenvalue weighted by Crippen LogP contribution is 2.30. The van der Waals surface area contributed by atoms with Crippen molar-refractivity contribution in [1.82, 2.24) is 15.0 Å². The number of H-pyrrole nitrogens is 1. The van der Waals surface area contributed by atoms with E-state index in [1.807, 2.05) is 0 Å². The van der Waals surface area contributed by atoms with Crippen LogP contribution in [0.5, 0.6) is 0 Å². The number of aromatic nitrogens is 3. The Balaban J connectivity index is 2.32. The highest BCUT2D eigenvalue weighted by molar-refractivity contribution is 6.28. The summed E-state index contributed by atoms with van der Waals surface area (Å²) in [5.41, 5.74) is 0.805. The molecule has 0 amide bonds. The van der Waals surface area contributed by atoms with E-state index < -0.39 is 11.6 Å². The Morgan fingerprint density at radius 2 is 2.00 bits per heavy atom. The van der Waals surface area contributed by atoms with Crippen molar-refractivity contribution in [2.24, 2.45) is 0 Å². The van der Waals surface area contributed by atoms with Crippen LogP contribution in [0.25, 0.3) is 22.2 Å². The van der Waals surface area contributed by atoms with E-state index in [2.05, 4.69) is 15.0 Å². The molecule has 0 aliphatic rings. The number of aromatic amines is 1. The Hall–Kier alpha value is -2.01. The van der Waals surface area contributed by atoms with Crippen LogP contribution in [0, 0.1) is 11.6 Å². The van der Waals surface area contributed by atoms with Crippen molar-refractivity contribution in [3.05, 3.63) is 47.5 Å². The van der Waals surface area contributed by atoms with Crippen molar-refractivity contribution in [1.29, 1.82) is 0 Å². The SMILES string of the molecule is Fc1cnc(Cl)nc1-c1c[nH]c2c(F)cccc12. The fourth-order valence-corrected chi connectivity index (χ4v) is 1.98. The van der Waals surface area contributed by atoms with Gasteiger partial charge in [0.2, 0.25) is 5.28 Å². The first kappa shape index (κ1) is 11.1. The molecule has 0 aliphatic carbocycles. The molecule has 3 rings (SSSR count). The maximum absolute atomic E-state index is 13.7. The predicted molar refractivity (Wildman–Crippen MR) is 64.3 cm³/mol. The standard InChI is InChI=1S/C12H6ClF2N3/c13-12-17-5-9(15)11(18-12)7-4-16-10-6(7)2-1-3-8(10)14/h1-5,16H. The van der Waals surface area contributed by atoms with Gasteiger partial charge in [-0.05, 0) is 17.7 Å². The summed E-state index contributed by atoms with van der Waals surface area (Å²) >= 11 is 5.64. The Bertz CT molecular complexity index is 739. The minimum atomic E-state index is -0.607. The number of halogens is 3. The van der Waals surface area contributed by atoms with Crippen LogP contribution in [0.3, 0.4) is 0 Å². The molecule has 3 nitrogen and oxygen atoms in total. The van der Waals surface area contributed by atoms with E-state index in [0.717, 1.165) is 6.20 Å². The van der Waals surface area contributed by atoms with Crippen LogP contribution in [0.2, 0.25) is 5.28 Å². The average molecular weight is 266 g/mol. The van der Waals surface area contributed by atoms with Crippen LogP contribution in [-0.4, -0.2) is 15.0 Å². The van der Waals surface area contributed by atoms with Gasteiger partial charge in [0, 0.05) is 17.1 Å². The monoisotopic (exact) mass is 265 g/mol. The number of benzene rings is 1. The Labute approximate surface area is 105 Å². The summed E-state index contributed by atoms with van der Waals surface area (Å²) in [6.07, 6.45) is 2.48. The summed E-state index contributed by atoms with van der Waals surface area (Å²) in [6.45, 7) is 0. The van der Waals surface area contributed by atoms with E-state index in [9.17, 15) is 8.78 Å². The van der Waals surface area contributed by atoms with E-state index in [4.69, 9.17) is 11.6 Å². The molecule has 18 heavy (non-hydrogen) atoms. The smallest absolute Gasteiger partial charge is 0.223 e. The molecular formula is C12H6ClF2N3. The molecule has 0 saturated carbocycles. The minimum Gasteiger partial charge on any atom is -0.358 e. The van der Waals surface area contributed by atoms with Gasteiger partial charge in [0.15, 0.2) is 5.82 Å². The summed E-state index contributed by atoms with van der Waals surface area (Å²) in [6, 6.07) is 4.56. The lowest BCUT2D eigenvalue weighted by molar-refractivity contribution is 0.618. The van der Waals surface area contributed by atoms with Crippen LogP contribution >= 0.6 is 11.6 Å². The van der Waals surface area contributed by atoms with Crippen LogP contribution in [0.15, 0.2) is 30.6 Å². The van der Waals surface area contributed by atoms with Crippen molar-refractivity contribution in [3.8, 4) is 11.3 Å². The molecule has 0 atom stereocenters. The minimum absolute atomic E-state index is 0.0480. The Morgan fingerprint density at radius 3 is 2.83 bits per heavy atom. The van der Waals surface area contributed by atoms with Crippen molar-refractivity contribution >= 4 is 22.5 Å². The number of rotatable bonds is 1. The molecule has 1 aromatic carbocycles. The van der Waals surface area contributed by atoms with Gasteiger partial charge in [-0.1, -0.05) is 12.1 Å². The largest absolute Gasteiger partial charge is 0.358 e. The van der Waals surface area contributed by atoms with Crippen LogP contribution in [0.4, 0.5) is 8.78 Å². The third kappa shape index (κ3) is 1.64. The first-order chi connectivity index (χ1) is 8.66. The fourth-order valence-electron chi connectivity index (χ4n) is 1.85. The summed E-state index contributed by atoms with van der Waals surface area (Å²) in [4.78, 5) is 10.1. The predicted octanol–water partition coefficient (Wildman–Crippen LogP) is 3.56. The number of fused-ring (bicyclic) bond motifs is 1. The van der Waals surface area contributed by atoms with Crippen molar-refractivity contribution < 1.29 is 8.78 Å². The number of hydrogen-bond donors (Lipinski definition) is 1. The quantitative estimate of drug-likeness (QED) is 0.684. The Morgan fingerprint density at radius 1 is 1.17 bits per heavy atom. The molecule has 0 saturated heterocycles. The summed E-state index contributed by atoms with van der Waals surface area (Å²) in [5, 5.41) is 0.487. The second kappa shape index (κ2) is 4.03. The second-order valence-corrected chi connectivity index (χ2v) is 4.04. The van der Waals surface area contributed by atoms with Gasteiger partial charge in [-0.2, -0.15) is 0 Å². The van der Waals surface area contributed by atoms with Gasteiger partial charge in [-0.3, -0.25) is 0 Å².